The topological polar surface area (TPSA) is 152 Å². The van der Waals surface area contributed by atoms with Crippen molar-refractivity contribution in [1.29, 1.82) is 0 Å². The van der Waals surface area contributed by atoms with Gasteiger partial charge < -0.3 is 39.4 Å². The number of allylic oxidation sites excluding steroid dienone is 4. The third kappa shape index (κ3) is 30.0. The summed E-state index contributed by atoms with van der Waals surface area (Å²) in [5.74, 6) is -0.811. The molecule has 1 rings (SSSR count). The van der Waals surface area contributed by atoms with Crippen molar-refractivity contribution in [2.75, 3.05) is 19.8 Å². The van der Waals surface area contributed by atoms with E-state index in [1.807, 2.05) is 0 Å². The molecule has 4 N–H and O–H groups in total. The van der Waals surface area contributed by atoms with Crippen molar-refractivity contribution in [2.24, 2.45) is 0 Å². The molecule has 2 unspecified atom stereocenters. The molecule has 10 nitrogen and oxygen atoms in total. The van der Waals surface area contributed by atoms with Crippen molar-refractivity contribution < 1.29 is 49.0 Å². The summed E-state index contributed by atoms with van der Waals surface area (Å²) in [6, 6.07) is 0. The van der Waals surface area contributed by atoms with E-state index in [0.29, 0.717) is 6.42 Å². The van der Waals surface area contributed by atoms with Gasteiger partial charge in [0.2, 0.25) is 0 Å². The number of unbranched alkanes of at least 4 members (excludes halogenated alkanes) is 24. The predicted octanol–water partition coefficient (Wildman–Crippen LogP) is 10.1. The van der Waals surface area contributed by atoms with Gasteiger partial charge in [-0.3, -0.25) is 9.59 Å². The Morgan fingerprint density at radius 2 is 0.930 bits per heavy atom. The first-order valence-electron chi connectivity index (χ1n) is 23.4. The van der Waals surface area contributed by atoms with Crippen LogP contribution in [0.5, 0.6) is 0 Å². The third-order valence-corrected chi connectivity index (χ3v) is 10.8. The zero-order chi connectivity index (χ0) is 41.6. The van der Waals surface area contributed by atoms with Gasteiger partial charge in [-0.15, -0.1) is 0 Å². The first-order valence-corrected chi connectivity index (χ1v) is 23.4. The zero-order valence-electron chi connectivity index (χ0n) is 36.3. The molecule has 1 aliphatic heterocycles. The van der Waals surface area contributed by atoms with E-state index in [4.69, 9.17) is 18.9 Å². The van der Waals surface area contributed by atoms with E-state index >= 15 is 0 Å². The molecule has 0 bridgehead atoms. The number of rotatable bonds is 39. The number of aliphatic hydroxyl groups excluding tert-OH is 4. The lowest BCUT2D eigenvalue weighted by Crippen LogP contribution is -2.59. The SMILES string of the molecule is CCCCCC/C=C/CCCCCCCCCC(=O)O[C@@H](COC(=O)CCCCCCCCC/C=C/CCCCCCCC)CO[C@H]1O[C@@H](CO)[C@@H](O)C(O)C1O. The lowest BCUT2D eigenvalue weighted by molar-refractivity contribution is -0.305. The summed E-state index contributed by atoms with van der Waals surface area (Å²) in [7, 11) is 0. The Labute approximate surface area is 347 Å². The van der Waals surface area contributed by atoms with Crippen molar-refractivity contribution in [2.45, 2.75) is 243 Å². The van der Waals surface area contributed by atoms with Gasteiger partial charge in [0, 0.05) is 12.8 Å². The van der Waals surface area contributed by atoms with E-state index in [2.05, 4.69) is 38.2 Å². The Hall–Kier alpha value is -1.82. The maximum atomic E-state index is 12.8. The van der Waals surface area contributed by atoms with Crippen LogP contribution in [-0.2, 0) is 28.5 Å². The minimum absolute atomic E-state index is 0.219. The molecule has 1 aliphatic rings. The number of carbonyl (C=O) groups is 2. The van der Waals surface area contributed by atoms with E-state index < -0.39 is 49.4 Å². The summed E-state index contributed by atoms with van der Waals surface area (Å²) in [4.78, 5) is 25.3. The molecular formula is C47H86O10. The minimum Gasteiger partial charge on any atom is -0.462 e. The number of aliphatic hydroxyl groups is 4. The van der Waals surface area contributed by atoms with Crippen molar-refractivity contribution >= 4 is 11.9 Å². The standard InChI is InChI=1S/C47H86O10/c1-3-5-7-9-11-13-15-17-19-20-22-23-25-27-29-31-33-35-42(49)54-38-40(39-55-47-46(53)45(52)44(51)41(37-48)57-47)56-43(50)36-34-32-30-28-26-24-21-18-16-14-12-10-8-6-4-2/h14,16-17,19,40-41,44-48,51-53H,3-13,15,18,20-39H2,1-2H3/b16-14+,19-17+/t40-,41-,44+,45?,46?,47-/m0/s1. The van der Waals surface area contributed by atoms with E-state index in [0.717, 1.165) is 57.8 Å². The number of hydrogen-bond donors (Lipinski definition) is 4. The highest BCUT2D eigenvalue weighted by Crippen LogP contribution is 2.23. The lowest BCUT2D eigenvalue weighted by atomic mass is 9.99. The second-order valence-corrected chi connectivity index (χ2v) is 16.2. The maximum absolute atomic E-state index is 12.8. The molecule has 0 amide bonds. The molecule has 334 valence electrons. The summed E-state index contributed by atoms with van der Waals surface area (Å²) >= 11 is 0. The Bertz CT molecular complexity index is 985. The molecule has 1 saturated heterocycles. The second kappa shape index (κ2) is 38.4. The van der Waals surface area contributed by atoms with Crippen LogP contribution < -0.4 is 0 Å². The van der Waals surface area contributed by atoms with Gasteiger partial charge in [0.25, 0.3) is 0 Å². The highest BCUT2D eigenvalue weighted by Gasteiger charge is 2.44. The van der Waals surface area contributed by atoms with E-state index in [-0.39, 0.29) is 32.0 Å². The van der Waals surface area contributed by atoms with Crippen LogP contribution in [0, 0.1) is 0 Å². The fraction of sp³-hybridized carbons (Fsp3) is 0.872. The number of carbonyl (C=O) groups excluding carboxylic acids is 2. The predicted molar refractivity (Wildman–Crippen MR) is 229 cm³/mol. The van der Waals surface area contributed by atoms with Gasteiger partial charge in [0.1, 0.15) is 31.0 Å². The largest absolute Gasteiger partial charge is 0.462 e. The summed E-state index contributed by atoms with van der Waals surface area (Å²) in [5.41, 5.74) is 0. The monoisotopic (exact) mass is 811 g/mol. The molecule has 0 saturated carbocycles. The van der Waals surface area contributed by atoms with Gasteiger partial charge >= 0.3 is 11.9 Å². The van der Waals surface area contributed by atoms with Crippen LogP contribution in [0.25, 0.3) is 0 Å². The van der Waals surface area contributed by atoms with Crippen LogP contribution in [0.15, 0.2) is 24.3 Å². The van der Waals surface area contributed by atoms with Gasteiger partial charge in [-0.2, -0.15) is 0 Å². The average Bonchev–Trinajstić information content (AvgIpc) is 3.21. The van der Waals surface area contributed by atoms with Crippen molar-refractivity contribution in [3.05, 3.63) is 24.3 Å². The van der Waals surface area contributed by atoms with E-state index in [1.165, 1.54) is 116 Å². The minimum atomic E-state index is -1.59. The molecule has 1 heterocycles. The highest BCUT2D eigenvalue weighted by molar-refractivity contribution is 5.70. The molecule has 0 spiro atoms. The molecule has 0 aromatic heterocycles. The molecule has 0 aliphatic carbocycles. The van der Waals surface area contributed by atoms with Crippen molar-refractivity contribution in [3.63, 3.8) is 0 Å². The molecule has 1 fully saturated rings. The number of esters is 2. The summed E-state index contributed by atoms with van der Waals surface area (Å²) < 4.78 is 22.2. The Balaban J connectivity index is 2.31. The molecule has 0 aromatic carbocycles. The molecule has 57 heavy (non-hydrogen) atoms. The lowest BCUT2D eigenvalue weighted by Gasteiger charge is -2.39. The number of hydrogen-bond acceptors (Lipinski definition) is 10. The Kier molecular flexibility index (Phi) is 35.8. The first-order chi connectivity index (χ1) is 27.8. The third-order valence-electron chi connectivity index (χ3n) is 10.8. The first kappa shape index (κ1) is 53.2. The molecule has 6 atom stereocenters. The van der Waals surface area contributed by atoms with Crippen LogP contribution in [0.3, 0.4) is 0 Å². The maximum Gasteiger partial charge on any atom is 0.306 e. The fourth-order valence-electron chi connectivity index (χ4n) is 7.06. The smallest absolute Gasteiger partial charge is 0.306 e. The van der Waals surface area contributed by atoms with E-state index in [1.54, 1.807) is 0 Å². The molecular weight excluding hydrogens is 725 g/mol. The van der Waals surface area contributed by atoms with Crippen LogP contribution in [0.1, 0.15) is 206 Å². The normalized spacial score (nSPS) is 20.4. The van der Waals surface area contributed by atoms with Crippen molar-refractivity contribution in [1.82, 2.24) is 0 Å². The Morgan fingerprint density at radius 1 is 0.526 bits per heavy atom. The molecule has 0 aromatic rings. The fourth-order valence-corrected chi connectivity index (χ4v) is 7.06. The van der Waals surface area contributed by atoms with Gasteiger partial charge in [-0.25, -0.2) is 0 Å². The van der Waals surface area contributed by atoms with Crippen LogP contribution in [-0.4, -0.2) is 89.0 Å². The van der Waals surface area contributed by atoms with Gasteiger partial charge in [-0.1, -0.05) is 154 Å². The van der Waals surface area contributed by atoms with Gasteiger partial charge in [0.15, 0.2) is 12.4 Å². The number of ether oxygens (including phenoxy) is 4. The van der Waals surface area contributed by atoms with Crippen LogP contribution in [0.2, 0.25) is 0 Å². The molecule has 0 radical (unpaired) electrons. The Morgan fingerprint density at radius 3 is 1.39 bits per heavy atom. The second-order valence-electron chi connectivity index (χ2n) is 16.2. The van der Waals surface area contributed by atoms with Gasteiger partial charge in [0.05, 0.1) is 13.2 Å². The zero-order valence-corrected chi connectivity index (χ0v) is 36.3. The summed E-state index contributed by atoms with van der Waals surface area (Å²) in [6.45, 7) is 3.41. The quantitative estimate of drug-likeness (QED) is 0.0268. The van der Waals surface area contributed by atoms with Gasteiger partial charge in [-0.05, 0) is 64.2 Å². The summed E-state index contributed by atoms with van der Waals surface area (Å²) in [6.07, 6.45) is 34.6. The highest BCUT2D eigenvalue weighted by atomic mass is 16.7. The van der Waals surface area contributed by atoms with E-state index in [9.17, 15) is 30.0 Å². The summed E-state index contributed by atoms with van der Waals surface area (Å²) in [5, 5.41) is 40.1. The van der Waals surface area contributed by atoms with Crippen LogP contribution >= 0.6 is 0 Å². The van der Waals surface area contributed by atoms with Crippen LogP contribution in [0.4, 0.5) is 0 Å². The average molecular weight is 811 g/mol. The molecule has 10 heteroatoms. The van der Waals surface area contributed by atoms with Crippen molar-refractivity contribution in [3.8, 4) is 0 Å².